The first-order chi connectivity index (χ1) is 9.79. The summed E-state index contributed by atoms with van der Waals surface area (Å²) in [4.78, 5) is 18.2. The summed E-state index contributed by atoms with van der Waals surface area (Å²) in [6.07, 6.45) is 1.75. The number of anilines is 1. The Morgan fingerprint density at radius 1 is 1.09 bits per heavy atom. The summed E-state index contributed by atoms with van der Waals surface area (Å²) in [5, 5.41) is 3.13. The highest BCUT2D eigenvalue weighted by atomic mass is 35.5. The molecule has 2 aromatic rings. The maximum Gasteiger partial charge on any atom is 0.242 e. The third kappa shape index (κ3) is 6.33. The molecule has 0 aliphatic heterocycles. The van der Waals surface area contributed by atoms with Crippen molar-refractivity contribution in [2.75, 3.05) is 18.4 Å². The fourth-order valence-electron chi connectivity index (χ4n) is 1.91. The fourth-order valence-corrected chi connectivity index (χ4v) is 1.91. The van der Waals surface area contributed by atoms with E-state index in [1.54, 1.807) is 11.1 Å². The zero-order valence-electron chi connectivity index (χ0n) is 12.4. The second-order valence-electron chi connectivity index (χ2n) is 4.45. The van der Waals surface area contributed by atoms with Gasteiger partial charge in [0.05, 0.1) is 18.8 Å². The number of rotatable bonds is 6. The van der Waals surface area contributed by atoms with E-state index in [9.17, 15) is 4.79 Å². The lowest BCUT2D eigenvalue weighted by atomic mass is 10.3. The van der Waals surface area contributed by atoms with Gasteiger partial charge in [-0.05, 0) is 31.2 Å². The van der Waals surface area contributed by atoms with Crippen LogP contribution in [0.5, 0.6) is 0 Å². The lowest BCUT2D eigenvalue weighted by molar-refractivity contribution is -0.129. The largest absolute Gasteiger partial charge is 0.376 e. The maximum atomic E-state index is 12.2. The molecule has 0 radical (unpaired) electrons. The summed E-state index contributed by atoms with van der Waals surface area (Å²) in [6, 6.07) is 15.5. The Hall–Kier alpha value is -1.78. The van der Waals surface area contributed by atoms with Gasteiger partial charge in [0.2, 0.25) is 5.91 Å². The van der Waals surface area contributed by atoms with Crippen LogP contribution in [0.2, 0.25) is 0 Å². The van der Waals surface area contributed by atoms with Gasteiger partial charge in [-0.15, -0.1) is 24.8 Å². The van der Waals surface area contributed by atoms with Crippen molar-refractivity contribution in [3.8, 4) is 0 Å². The number of hydrogen-bond donors (Lipinski definition) is 1. The second-order valence-corrected chi connectivity index (χ2v) is 4.45. The quantitative estimate of drug-likeness (QED) is 0.875. The van der Waals surface area contributed by atoms with Crippen LogP contribution >= 0.6 is 24.8 Å². The minimum Gasteiger partial charge on any atom is -0.376 e. The second kappa shape index (κ2) is 10.9. The smallest absolute Gasteiger partial charge is 0.242 e. The first kappa shape index (κ1) is 20.2. The molecule has 0 fully saturated rings. The van der Waals surface area contributed by atoms with Gasteiger partial charge in [0.15, 0.2) is 0 Å². The lowest BCUT2D eigenvalue weighted by Crippen LogP contribution is -2.35. The number of likely N-dealkylation sites (N-methyl/N-ethyl adjacent to an activating group) is 1. The highest BCUT2D eigenvalue weighted by molar-refractivity contribution is 5.85. The molecule has 1 N–H and O–H groups in total. The number of hydrogen-bond acceptors (Lipinski definition) is 3. The van der Waals surface area contributed by atoms with Crippen LogP contribution in [0.25, 0.3) is 0 Å². The third-order valence-electron chi connectivity index (χ3n) is 3.03. The Balaban J connectivity index is 0.00000220. The number of amides is 1. The van der Waals surface area contributed by atoms with Gasteiger partial charge in [0, 0.05) is 18.4 Å². The Morgan fingerprint density at radius 3 is 2.36 bits per heavy atom. The molecule has 4 nitrogen and oxygen atoms in total. The molecule has 1 aromatic heterocycles. The molecular formula is C16H21Cl2N3O. The van der Waals surface area contributed by atoms with E-state index in [0.29, 0.717) is 19.6 Å². The number of aromatic nitrogens is 1. The molecule has 6 heteroatoms. The molecule has 1 amide bonds. The normalized spacial score (nSPS) is 9.14. The molecule has 120 valence electrons. The van der Waals surface area contributed by atoms with Crippen LogP contribution < -0.4 is 5.32 Å². The van der Waals surface area contributed by atoms with E-state index in [2.05, 4.69) is 10.3 Å². The summed E-state index contributed by atoms with van der Waals surface area (Å²) in [6.45, 7) is 3.49. The van der Waals surface area contributed by atoms with Gasteiger partial charge >= 0.3 is 0 Å². The van der Waals surface area contributed by atoms with Crippen molar-refractivity contribution >= 4 is 36.4 Å². The number of carbonyl (C=O) groups is 1. The predicted molar refractivity (Wildman–Crippen MR) is 94.8 cm³/mol. The number of halogens is 2. The first-order valence-corrected chi connectivity index (χ1v) is 6.76. The molecular weight excluding hydrogens is 321 g/mol. The van der Waals surface area contributed by atoms with Crippen molar-refractivity contribution in [1.82, 2.24) is 9.88 Å². The van der Waals surface area contributed by atoms with Crippen LogP contribution in [-0.4, -0.2) is 28.9 Å². The van der Waals surface area contributed by atoms with E-state index in [1.807, 2.05) is 55.5 Å². The Morgan fingerprint density at radius 2 is 1.77 bits per heavy atom. The van der Waals surface area contributed by atoms with E-state index in [1.165, 1.54) is 0 Å². The van der Waals surface area contributed by atoms with Crippen LogP contribution in [0.15, 0.2) is 54.7 Å². The lowest BCUT2D eigenvalue weighted by Gasteiger charge is -2.21. The Labute approximate surface area is 143 Å². The number of nitrogens with one attached hydrogen (secondary N) is 1. The van der Waals surface area contributed by atoms with E-state index in [0.717, 1.165) is 11.4 Å². The van der Waals surface area contributed by atoms with Gasteiger partial charge < -0.3 is 10.2 Å². The van der Waals surface area contributed by atoms with Gasteiger partial charge in [-0.25, -0.2) is 0 Å². The molecule has 1 aromatic carbocycles. The summed E-state index contributed by atoms with van der Waals surface area (Å²) in [5.41, 5.74) is 1.86. The highest BCUT2D eigenvalue weighted by Gasteiger charge is 2.12. The summed E-state index contributed by atoms with van der Waals surface area (Å²) in [5.74, 6) is 0.0713. The van der Waals surface area contributed by atoms with Crippen LogP contribution in [0.4, 0.5) is 5.69 Å². The third-order valence-corrected chi connectivity index (χ3v) is 3.03. The molecule has 22 heavy (non-hydrogen) atoms. The summed E-state index contributed by atoms with van der Waals surface area (Å²) < 4.78 is 0. The number of pyridine rings is 1. The molecule has 2 rings (SSSR count). The minimum atomic E-state index is 0. The zero-order valence-corrected chi connectivity index (χ0v) is 14.1. The van der Waals surface area contributed by atoms with Gasteiger partial charge in [0.1, 0.15) is 0 Å². The highest BCUT2D eigenvalue weighted by Crippen LogP contribution is 2.06. The average Bonchev–Trinajstić information content (AvgIpc) is 2.52. The fraction of sp³-hybridized carbons (Fsp3) is 0.250. The van der Waals surface area contributed by atoms with Crippen LogP contribution in [0.3, 0.4) is 0 Å². The van der Waals surface area contributed by atoms with Crippen molar-refractivity contribution < 1.29 is 4.79 Å². The van der Waals surface area contributed by atoms with Crippen molar-refractivity contribution in [2.45, 2.75) is 13.5 Å². The van der Waals surface area contributed by atoms with Crippen molar-refractivity contribution in [2.24, 2.45) is 0 Å². The standard InChI is InChI=1S/C16H19N3O.2ClH/c1-2-19(13-15-10-6-7-11-17-15)16(20)12-18-14-8-4-3-5-9-14;;/h3-11,18H,2,12-13H2,1H3;2*1H. The van der Waals surface area contributed by atoms with E-state index < -0.39 is 0 Å². The van der Waals surface area contributed by atoms with E-state index in [-0.39, 0.29) is 30.7 Å². The van der Waals surface area contributed by atoms with Gasteiger partial charge in [-0.1, -0.05) is 24.3 Å². The maximum absolute atomic E-state index is 12.2. The molecule has 0 saturated heterocycles. The first-order valence-electron chi connectivity index (χ1n) is 6.76. The molecule has 0 atom stereocenters. The molecule has 0 saturated carbocycles. The predicted octanol–water partition coefficient (Wildman–Crippen LogP) is 3.39. The topological polar surface area (TPSA) is 45.2 Å². The molecule has 1 heterocycles. The van der Waals surface area contributed by atoms with Gasteiger partial charge in [-0.2, -0.15) is 0 Å². The minimum absolute atomic E-state index is 0. The molecule has 0 aliphatic rings. The molecule has 0 aliphatic carbocycles. The number of para-hydroxylation sites is 1. The number of benzene rings is 1. The summed E-state index contributed by atoms with van der Waals surface area (Å²) in [7, 11) is 0. The van der Waals surface area contributed by atoms with Crippen LogP contribution in [-0.2, 0) is 11.3 Å². The number of nitrogens with zero attached hydrogens (tertiary/aromatic N) is 2. The average molecular weight is 342 g/mol. The Bertz CT molecular complexity index is 538. The zero-order chi connectivity index (χ0) is 14.2. The van der Waals surface area contributed by atoms with Gasteiger partial charge in [0.25, 0.3) is 0 Å². The van der Waals surface area contributed by atoms with Gasteiger partial charge in [-0.3, -0.25) is 9.78 Å². The van der Waals surface area contributed by atoms with Crippen molar-refractivity contribution in [1.29, 1.82) is 0 Å². The molecule has 0 bridgehead atoms. The molecule has 0 unspecified atom stereocenters. The SMILES string of the molecule is CCN(Cc1ccccn1)C(=O)CNc1ccccc1.Cl.Cl. The van der Waals surface area contributed by atoms with E-state index >= 15 is 0 Å². The monoisotopic (exact) mass is 341 g/mol. The van der Waals surface area contributed by atoms with Crippen LogP contribution in [0.1, 0.15) is 12.6 Å². The van der Waals surface area contributed by atoms with Crippen molar-refractivity contribution in [3.63, 3.8) is 0 Å². The Kier molecular flexibility index (Phi) is 10.00. The van der Waals surface area contributed by atoms with Crippen LogP contribution in [0, 0.1) is 0 Å². The number of carbonyl (C=O) groups excluding carboxylic acids is 1. The van der Waals surface area contributed by atoms with E-state index in [4.69, 9.17) is 0 Å². The summed E-state index contributed by atoms with van der Waals surface area (Å²) >= 11 is 0. The van der Waals surface area contributed by atoms with Crippen molar-refractivity contribution in [3.05, 3.63) is 60.4 Å². The molecule has 0 spiro atoms.